The maximum atomic E-state index is 11.4. The quantitative estimate of drug-likeness (QED) is 0.673. The van der Waals surface area contributed by atoms with E-state index in [1.807, 2.05) is 19.1 Å². The predicted molar refractivity (Wildman–Crippen MR) is 102 cm³/mol. The first kappa shape index (κ1) is 19.6. The maximum Gasteiger partial charge on any atom is 0.238 e. The summed E-state index contributed by atoms with van der Waals surface area (Å²) in [5, 5.41) is 8.62. The van der Waals surface area contributed by atoms with Gasteiger partial charge in [0.25, 0.3) is 0 Å². The topological polar surface area (TPSA) is 75.4 Å². The van der Waals surface area contributed by atoms with E-state index in [1.165, 1.54) is 11.6 Å². The van der Waals surface area contributed by atoms with E-state index in [4.69, 9.17) is 5.14 Å². The molecule has 1 atom stereocenters. The largest absolute Gasteiger partial charge is 0.310 e. The van der Waals surface area contributed by atoms with E-state index in [2.05, 4.69) is 41.5 Å². The summed E-state index contributed by atoms with van der Waals surface area (Å²) in [5.41, 5.74) is 2.23. The Bertz CT molecular complexity index is 763. The van der Waals surface area contributed by atoms with Crippen molar-refractivity contribution in [2.24, 2.45) is 5.14 Å². The van der Waals surface area contributed by atoms with Crippen molar-refractivity contribution >= 4 is 10.0 Å². The lowest BCUT2D eigenvalue weighted by Crippen LogP contribution is -2.25. The maximum absolute atomic E-state index is 11.4. The van der Waals surface area contributed by atoms with Crippen LogP contribution < -0.4 is 10.5 Å². The fourth-order valence-corrected chi connectivity index (χ4v) is 3.29. The van der Waals surface area contributed by atoms with Crippen molar-refractivity contribution in [3.05, 3.63) is 65.7 Å². The molecule has 0 heterocycles. The van der Waals surface area contributed by atoms with E-state index >= 15 is 0 Å². The van der Waals surface area contributed by atoms with Crippen LogP contribution in [0.4, 0.5) is 0 Å². The first-order valence-corrected chi connectivity index (χ1v) is 9.99. The molecule has 2 aromatic rings. The molecule has 0 bridgehead atoms. The number of nitrogens with one attached hydrogen (secondary N) is 1. The van der Waals surface area contributed by atoms with Crippen LogP contribution in [0, 0.1) is 0 Å². The molecule has 2 rings (SSSR count). The highest BCUT2D eigenvalue weighted by atomic mass is 32.2. The fraction of sp³-hybridized carbons (Fsp3) is 0.368. The number of hydrogen-bond donors (Lipinski definition) is 2. The molecule has 136 valence electrons. The Morgan fingerprint density at radius 2 is 1.84 bits per heavy atom. The van der Waals surface area contributed by atoms with Crippen molar-refractivity contribution in [1.29, 1.82) is 0 Å². The molecule has 0 aliphatic rings. The zero-order valence-electron chi connectivity index (χ0n) is 14.9. The summed E-state index contributed by atoms with van der Waals surface area (Å²) in [4.78, 5) is 2.45. The standard InChI is InChI=1S/C19H27N3O2S/c1-16(18-10-6-11-19(14-18)25(20,23)24)21-12-7-13-22(2)15-17-8-4-3-5-9-17/h3-6,8-11,14,16,21H,7,12-13,15H2,1-2H3,(H2,20,23,24). The third kappa shape index (κ3) is 6.59. The number of hydrogen-bond acceptors (Lipinski definition) is 4. The second kappa shape index (κ2) is 9.10. The molecule has 0 saturated carbocycles. The molecule has 0 fully saturated rings. The first-order chi connectivity index (χ1) is 11.9. The number of primary sulfonamides is 1. The van der Waals surface area contributed by atoms with Crippen molar-refractivity contribution in [2.45, 2.75) is 30.8 Å². The molecule has 0 aliphatic heterocycles. The Morgan fingerprint density at radius 3 is 2.52 bits per heavy atom. The zero-order valence-corrected chi connectivity index (χ0v) is 15.7. The molecular weight excluding hydrogens is 334 g/mol. The van der Waals surface area contributed by atoms with Crippen LogP contribution in [0.2, 0.25) is 0 Å². The minimum Gasteiger partial charge on any atom is -0.310 e. The van der Waals surface area contributed by atoms with Gasteiger partial charge in [0.05, 0.1) is 4.90 Å². The van der Waals surface area contributed by atoms with E-state index in [9.17, 15) is 8.42 Å². The van der Waals surface area contributed by atoms with Gasteiger partial charge in [0.15, 0.2) is 0 Å². The lowest BCUT2D eigenvalue weighted by molar-refractivity contribution is 0.317. The second-order valence-electron chi connectivity index (χ2n) is 6.37. The van der Waals surface area contributed by atoms with Crippen molar-refractivity contribution in [3.8, 4) is 0 Å². The number of sulfonamides is 1. The van der Waals surface area contributed by atoms with Gasteiger partial charge in [-0.3, -0.25) is 0 Å². The molecule has 5 nitrogen and oxygen atoms in total. The van der Waals surface area contributed by atoms with E-state index < -0.39 is 10.0 Å². The highest BCUT2D eigenvalue weighted by Crippen LogP contribution is 2.16. The summed E-state index contributed by atoms with van der Waals surface area (Å²) in [6.07, 6.45) is 1.02. The Morgan fingerprint density at radius 1 is 1.12 bits per heavy atom. The summed E-state index contributed by atoms with van der Waals surface area (Å²) < 4.78 is 22.9. The second-order valence-corrected chi connectivity index (χ2v) is 7.93. The van der Waals surface area contributed by atoms with Gasteiger partial charge in [0, 0.05) is 12.6 Å². The number of rotatable bonds is 9. The molecule has 6 heteroatoms. The van der Waals surface area contributed by atoms with Gasteiger partial charge in [0.1, 0.15) is 0 Å². The van der Waals surface area contributed by atoms with Gasteiger partial charge in [-0.15, -0.1) is 0 Å². The minimum absolute atomic E-state index is 0.0705. The fourth-order valence-electron chi connectivity index (χ4n) is 2.72. The van der Waals surface area contributed by atoms with E-state index in [-0.39, 0.29) is 10.9 Å². The summed E-state index contributed by atoms with van der Waals surface area (Å²) in [5.74, 6) is 0. The van der Waals surface area contributed by atoms with E-state index in [1.54, 1.807) is 12.1 Å². The molecule has 25 heavy (non-hydrogen) atoms. The van der Waals surface area contributed by atoms with Crippen molar-refractivity contribution in [2.75, 3.05) is 20.1 Å². The number of nitrogens with two attached hydrogens (primary N) is 1. The molecule has 3 N–H and O–H groups in total. The molecule has 0 aromatic heterocycles. The Hall–Kier alpha value is -1.73. The van der Waals surface area contributed by atoms with Crippen LogP contribution in [0.15, 0.2) is 59.5 Å². The van der Waals surface area contributed by atoms with Crippen LogP contribution in [0.25, 0.3) is 0 Å². The van der Waals surface area contributed by atoms with Crippen molar-refractivity contribution in [3.63, 3.8) is 0 Å². The van der Waals surface area contributed by atoms with E-state index in [0.717, 1.165) is 31.6 Å². The summed E-state index contributed by atoms with van der Waals surface area (Å²) in [7, 11) is -1.54. The van der Waals surface area contributed by atoms with Crippen LogP contribution in [-0.2, 0) is 16.6 Å². The van der Waals surface area contributed by atoms with Gasteiger partial charge < -0.3 is 10.2 Å². The molecule has 0 amide bonds. The third-order valence-corrected chi connectivity index (χ3v) is 5.06. The SMILES string of the molecule is CC(NCCCN(C)Cc1ccccc1)c1cccc(S(N)(=O)=O)c1. The zero-order chi connectivity index (χ0) is 18.3. The van der Waals surface area contributed by atoms with Gasteiger partial charge in [0.2, 0.25) is 10.0 Å². The average molecular weight is 362 g/mol. The summed E-state index contributed by atoms with van der Waals surface area (Å²) in [6.45, 7) is 4.81. The van der Waals surface area contributed by atoms with Gasteiger partial charge in [-0.2, -0.15) is 0 Å². The van der Waals surface area contributed by atoms with Crippen LogP contribution >= 0.6 is 0 Å². The Balaban J connectivity index is 1.76. The molecule has 2 aromatic carbocycles. The van der Waals surface area contributed by atoms with Gasteiger partial charge in [-0.1, -0.05) is 42.5 Å². The van der Waals surface area contributed by atoms with E-state index in [0.29, 0.717) is 0 Å². The Kier molecular flexibility index (Phi) is 7.13. The monoisotopic (exact) mass is 361 g/mol. The van der Waals surface area contributed by atoms with Gasteiger partial charge >= 0.3 is 0 Å². The van der Waals surface area contributed by atoms with Crippen LogP contribution in [0.5, 0.6) is 0 Å². The average Bonchev–Trinajstić information content (AvgIpc) is 2.59. The highest BCUT2D eigenvalue weighted by molar-refractivity contribution is 7.89. The minimum atomic E-state index is -3.66. The van der Waals surface area contributed by atoms with Crippen LogP contribution in [0.1, 0.15) is 30.5 Å². The normalized spacial score (nSPS) is 13.1. The molecule has 0 radical (unpaired) electrons. The Labute approximate surface area is 150 Å². The van der Waals surface area contributed by atoms with Crippen molar-refractivity contribution in [1.82, 2.24) is 10.2 Å². The molecule has 0 spiro atoms. The van der Waals surface area contributed by atoms with Crippen LogP contribution in [0.3, 0.4) is 0 Å². The third-order valence-electron chi connectivity index (χ3n) is 4.15. The lowest BCUT2D eigenvalue weighted by atomic mass is 10.1. The predicted octanol–water partition coefficient (Wildman–Crippen LogP) is 2.51. The van der Waals surface area contributed by atoms with Crippen LogP contribution in [-0.4, -0.2) is 33.5 Å². The van der Waals surface area contributed by atoms with Gasteiger partial charge in [-0.25, -0.2) is 13.6 Å². The van der Waals surface area contributed by atoms with Crippen molar-refractivity contribution < 1.29 is 8.42 Å². The molecular formula is C19H27N3O2S. The molecule has 0 saturated heterocycles. The number of benzene rings is 2. The first-order valence-electron chi connectivity index (χ1n) is 8.45. The lowest BCUT2D eigenvalue weighted by Gasteiger charge is -2.19. The highest BCUT2D eigenvalue weighted by Gasteiger charge is 2.11. The molecule has 1 unspecified atom stereocenters. The number of nitrogens with zero attached hydrogens (tertiary/aromatic N) is 1. The molecule has 0 aliphatic carbocycles. The summed E-state index contributed by atoms with van der Waals surface area (Å²) >= 11 is 0. The van der Waals surface area contributed by atoms with Gasteiger partial charge in [-0.05, 0) is 56.7 Å². The summed E-state index contributed by atoms with van der Waals surface area (Å²) in [6, 6.07) is 17.3. The smallest absolute Gasteiger partial charge is 0.238 e.